The number of ether oxygens (including phenoxy) is 1. The highest BCUT2D eigenvalue weighted by atomic mass is 16.5. The zero-order valence-electron chi connectivity index (χ0n) is 9.68. The van der Waals surface area contributed by atoms with Gasteiger partial charge in [0.2, 0.25) is 5.91 Å². The molecule has 1 saturated heterocycles. The number of carboxylic acid groups (broad SMARTS) is 1. The summed E-state index contributed by atoms with van der Waals surface area (Å²) in [5.41, 5.74) is 0. The predicted molar refractivity (Wildman–Crippen MR) is 58.5 cm³/mol. The monoisotopic (exact) mass is 246 g/mol. The van der Waals surface area contributed by atoms with Crippen molar-refractivity contribution >= 4 is 11.9 Å². The lowest BCUT2D eigenvalue weighted by Crippen LogP contribution is -2.48. The highest BCUT2D eigenvalue weighted by Crippen LogP contribution is 2.09. The van der Waals surface area contributed by atoms with Gasteiger partial charge in [-0.05, 0) is 6.42 Å². The van der Waals surface area contributed by atoms with Crippen LogP contribution in [-0.4, -0.2) is 60.5 Å². The molecule has 3 atom stereocenters. The summed E-state index contributed by atoms with van der Waals surface area (Å²) in [6.45, 7) is 0.294. The maximum absolute atomic E-state index is 11.7. The third-order valence-corrected chi connectivity index (χ3v) is 2.77. The van der Waals surface area contributed by atoms with Crippen molar-refractivity contribution in [1.29, 1.82) is 0 Å². The summed E-state index contributed by atoms with van der Waals surface area (Å²) in [5, 5.41) is 22.9. The summed E-state index contributed by atoms with van der Waals surface area (Å²) in [6.07, 6.45) is 0.502. The van der Waals surface area contributed by atoms with Gasteiger partial charge in [-0.1, -0.05) is 0 Å². The van der Waals surface area contributed by atoms with Gasteiger partial charge in [0.25, 0.3) is 0 Å². The van der Waals surface area contributed by atoms with E-state index in [1.165, 1.54) is 0 Å². The van der Waals surface area contributed by atoms with Gasteiger partial charge in [0.15, 0.2) is 0 Å². The van der Waals surface area contributed by atoms with Gasteiger partial charge >= 0.3 is 5.97 Å². The van der Waals surface area contributed by atoms with Crippen LogP contribution in [0.15, 0.2) is 0 Å². The fraction of sp³-hybridized carbons (Fsp3) is 0.800. The van der Waals surface area contributed by atoms with Crippen molar-refractivity contribution in [2.75, 3.05) is 20.3 Å². The SMILES string of the molecule is COC1CNC(C(=O)N[C@H](CCO)C(=O)O)C1. The van der Waals surface area contributed by atoms with Gasteiger partial charge in [-0.15, -0.1) is 0 Å². The van der Waals surface area contributed by atoms with Gasteiger partial charge < -0.3 is 25.6 Å². The molecule has 0 radical (unpaired) electrons. The van der Waals surface area contributed by atoms with Crippen LogP contribution in [-0.2, 0) is 14.3 Å². The number of nitrogens with one attached hydrogen (secondary N) is 2. The molecule has 0 aliphatic carbocycles. The topological polar surface area (TPSA) is 108 Å². The Hall–Kier alpha value is -1.18. The second-order valence-electron chi connectivity index (χ2n) is 3.97. The first kappa shape index (κ1) is 13.9. The van der Waals surface area contributed by atoms with Gasteiger partial charge in [-0.25, -0.2) is 4.79 Å². The number of aliphatic carboxylic acids is 1. The van der Waals surface area contributed by atoms with Crippen LogP contribution in [0.1, 0.15) is 12.8 Å². The summed E-state index contributed by atoms with van der Waals surface area (Å²) in [6, 6.07) is -1.48. The Balaban J connectivity index is 2.45. The van der Waals surface area contributed by atoms with Crippen LogP contribution in [0.4, 0.5) is 0 Å². The molecular weight excluding hydrogens is 228 g/mol. The van der Waals surface area contributed by atoms with E-state index in [1.54, 1.807) is 7.11 Å². The molecule has 0 aromatic heterocycles. The van der Waals surface area contributed by atoms with Gasteiger partial charge in [-0.2, -0.15) is 0 Å². The zero-order valence-corrected chi connectivity index (χ0v) is 9.68. The van der Waals surface area contributed by atoms with E-state index in [0.717, 1.165) is 0 Å². The number of hydrogen-bond donors (Lipinski definition) is 4. The van der Waals surface area contributed by atoms with Crippen LogP contribution in [0, 0.1) is 0 Å². The van der Waals surface area contributed by atoms with Gasteiger partial charge in [0, 0.05) is 26.7 Å². The quantitative estimate of drug-likeness (QED) is 0.445. The lowest BCUT2D eigenvalue weighted by molar-refractivity contribution is -0.142. The summed E-state index contributed by atoms with van der Waals surface area (Å²) >= 11 is 0. The molecule has 1 fully saturated rings. The number of carbonyl (C=O) groups excluding carboxylic acids is 1. The predicted octanol–water partition coefficient (Wildman–Crippen LogP) is -1.68. The number of rotatable bonds is 6. The van der Waals surface area contributed by atoms with Crippen molar-refractivity contribution in [3.8, 4) is 0 Å². The molecule has 0 bridgehead atoms. The van der Waals surface area contributed by atoms with Crippen molar-refractivity contribution in [1.82, 2.24) is 10.6 Å². The molecule has 7 heteroatoms. The second kappa shape index (κ2) is 6.53. The highest BCUT2D eigenvalue weighted by Gasteiger charge is 2.31. The number of carbonyl (C=O) groups is 2. The average Bonchev–Trinajstić information content (AvgIpc) is 2.76. The Bertz CT molecular complexity index is 284. The van der Waals surface area contributed by atoms with Crippen LogP contribution in [0.2, 0.25) is 0 Å². The Morgan fingerprint density at radius 2 is 2.29 bits per heavy atom. The van der Waals surface area contributed by atoms with E-state index in [-0.39, 0.29) is 25.0 Å². The maximum atomic E-state index is 11.7. The lowest BCUT2D eigenvalue weighted by atomic mass is 10.1. The van der Waals surface area contributed by atoms with Crippen LogP contribution >= 0.6 is 0 Å². The number of carboxylic acids is 1. The molecule has 4 N–H and O–H groups in total. The van der Waals surface area contributed by atoms with Gasteiger partial charge in [0.05, 0.1) is 12.1 Å². The Kier molecular flexibility index (Phi) is 5.33. The van der Waals surface area contributed by atoms with Crippen molar-refractivity contribution in [3.05, 3.63) is 0 Å². The molecule has 1 aliphatic heterocycles. The van der Waals surface area contributed by atoms with E-state index in [2.05, 4.69) is 10.6 Å². The first-order valence-corrected chi connectivity index (χ1v) is 5.48. The van der Waals surface area contributed by atoms with E-state index >= 15 is 0 Å². The van der Waals surface area contributed by atoms with Crippen LogP contribution in [0.3, 0.4) is 0 Å². The smallest absolute Gasteiger partial charge is 0.326 e. The molecule has 1 rings (SSSR count). The number of aliphatic hydroxyl groups excluding tert-OH is 1. The second-order valence-corrected chi connectivity index (χ2v) is 3.97. The molecule has 0 spiro atoms. The van der Waals surface area contributed by atoms with E-state index in [4.69, 9.17) is 14.9 Å². The molecule has 17 heavy (non-hydrogen) atoms. The molecular formula is C10H18N2O5. The molecule has 7 nitrogen and oxygen atoms in total. The molecule has 0 saturated carbocycles. The Labute approximate surface area is 99.1 Å². The van der Waals surface area contributed by atoms with Crippen molar-refractivity contribution in [3.63, 3.8) is 0 Å². The lowest BCUT2D eigenvalue weighted by Gasteiger charge is -2.16. The number of aliphatic hydroxyl groups is 1. The largest absolute Gasteiger partial charge is 0.480 e. The molecule has 0 aromatic carbocycles. The number of methoxy groups -OCH3 is 1. The zero-order chi connectivity index (χ0) is 12.8. The number of hydrogen-bond acceptors (Lipinski definition) is 5. The number of amides is 1. The van der Waals surface area contributed by atoms with Crippen LogP contribution in [0.25, 0.3) is 0 Å². The molecule has 2 unspecified atom stereocenters. The summed E-state index contributed by atoms with van der Waals surface area (Å²) in [5.74, 6) is -1.51. The molecule has 0 aromatic rings. The molecule has 1 aliphatic rings. The Morgan fingerprint density at radius 3 is 2.76 bits per heavy atom. The highest BCUT2D eigenvalue weighted by molar-refractivity contribution is 5.87. The fourth-order valence-corrected chi connectivity index (χ4v) is 1.74. The summed E-state index contributed by atoms with van der Waals surface area (Å²) in [4.78, 5) is 22.5. The third-order valence-electron chi connectivity index (χ3n) is 2.77. The minimum absolute atomic E-state index is 0.00149. The Morgan fingerprint density at radius 1 is 1.59 bits per heavy atom. The summed E-state index contributed by atoms with van der Waals surface area (Å²) in [7, 11) is 1.57. The molecule has 1 amide bonds. The van der Waals surface area contributed by atoms with E-state index in [9.17, 15) is 9.59 Å². The van der Waals surface area contributed by atoms with Crippen LogP contribution < -0.4 is 10.6 Å². The molecule has 98 valence electrons. The average molecular weight is 246 g/mol. The van der Waals surface area contributed by atoms with E-state index in [0.29, 0.717) is 13.0 Å². The maximum Gasteiger partial charge on any atom is 0.326 e. The minimum atomic E-state index is -1.14. The first-order chi connectivity index (χ1) is 8.08. The summed E-state index contributed by atoms with van der Waals surface area (Å²) < 4.78 is 5.09. The van der Waals surface area contributed by atoms with Gasteiger partial charge in [0.1, 0.15) is 6.04 Å². The molecule has 1 heterocycles. The van der Waals surface area contributed by atoms with Crippen molar-refractivity contribution in [2.45, 2.75) is 31.0 Å². The van der Waals surface area contributed by atoms with Gasteiger partial charge in [-0.3, -0.25) is 4.79 Å². The standard InChI is InChI=1S/C10H18N2O5/c1-17-6-4-8(11-5-6)9(14)12-7(2-3-13)10(15)16/h6-8,11,13H,2-5H2,1H3,(H,12,14)(H,15,16)/t6?,7-,8?/m1/s1. The van der Waals surface area contributed by atoms with E-state index < -0.39 is 18.1 Å². The third kappa shape index (κ3) is 3.95. The van der Waals surface area contributed by atoms with Crippen LogP contribution in [0.5, 0.6) is 0 Å². The van der Waals surface area contributed by atoms with Crippen molar-refractivity contribution in [2.24, 2.45) is 0 Å². The fourth-order valence-electron chi connectivity index (χ4n) is 1.74. The first-order valence-electron chi connectivity index (χ1n) is 5.48. The van der Waals surface area contributed by atoms with Crippen molar-refractivity contribution < 1.29 is 24.5 Å². The minimum Gasteiger partial charge on any atom is -0.480 e. The normalized spacial score (nSPS) is 25.5. The van der Waals surface area contributed by atoms with E-state index in [1.807, 2.05) is 0 Å².